The first-order valence-electron chi connectivity index (χ1n) is 8.61. The number of aromatic nitrogens is 1. The lowest BCUT2D eigenvalue weighted by molar-refractivity contribution is -0.132. The number of aliphatic hydroxyl groups is 1. The van der Waals surface area contributed by atoms with E-state index in [9.17, 15) is 14.7 Å². The van der Waals surface area contributed by atoms with Crippen molar-refractivity contribution in [3.05, 3.63) is 86.4 Å². The Labute approximate surface area is 180 Å². The molecule has 4 rings (SSSR count). The molecule has 3 aromatic rings. The molecule has 1 amide bonds. The van der Waals surface area contributed by atoms with Crippen molar-refractivity contribution >= 4 is 57.1 Å². The fraction of sp³-hybridized carbons (Fsp3) is 0.0952. The maximum absolute atomic E-state index is 13.0. The molecule has 0 bridgehead atoms. The fourth-order valence-electron chi connectivity index (χ4n) is 3.25. The maximum Gasteiger partial charge on any atom is 0.301 e. The Morgan fingerprint density at radius 2 is 1.86 bits per heavy atom. The van der Waals surface area contributed by atoms with Gasteiger partial charge in [0, 0.05) is 27.2 Å². The molecule has 1 fully saturated rings. The van der Waals surface area contributed by atoms with Gasteiger partial charge in [-0.1, -0.05) is 59.1 Å². The number of ketones is 1. The zero-order valence-electron chi connectivity index (χ0n) is 15.1. The Morgan fingerprint density at radius 3 is 2.48 bits per heavy atom. The van der Waals surface area contributed by atoms with Crippen molar-refractivity contribution < 1.29 is 14.7 Å². The number of hydrogen-bond donors (Lipinski definition) is 1. The number of thiazole rings is 1. The van der Waals surface area contributed by atoms with Gasteiger partial charge < -0.3 is 5.11 Å². The van der Waals surface area contributed by atoms with E-state index in [1.807, 2.05) is 19.1 Å². The number of nitrogens with zero attached hydrogens (tertiary/aromatic N) is 2. The summed E-state index contributed by atoms with van der Waals surface area (Å²) in [6, 6.07) is 10.9. The van der Waals surface area contributed by atoms with E-state index < -0.39 is 17.7 Å². The third-order valence-corrected chi connectivity index (χ3v) is 5.99. The van der Waals surface area contributed by atoms with Gasteiger partial charge in [-0.2, -0.15) is 0 Å². The number of benzene rings is 2. The van der Waals surface area contributed by atoms with E-state index in [4.69, 9.17) is 23.2 Å². The summed E-state index contributed by atoms with van der Waals surface area (Å²) in [4.78, 5) is 31.3. The number of aliphatic hydroxyl groups excluding tert-OH is 1. The Kier molecular flexibility index (Phi) is 5.17. The van der Waals surface area contributed by atoms with Gasteiger partial charge >= 0.3 is 5.91 Å². The first-order chi connectivity index (χ1) is 13.9. The number of rotatable bonds is 3. The van der Waals surface area contributed by atoms with Crippen LogP contribution in [0.5, 0.6) is 0 Å². The standard InChI is InChI=1S/C21H14Cl2N2O3S/c1-11-2-4-12(5-3-11)18(26)16-17(14-7-6-13(22)10-15(14)23)25(20(28)19(16)27)21-24-8-9-29-21/h2-10,17,26H,1H3/b18-16+. The summed E-state index contributed by atoms with van der Waals surface area (Å²) in [5, 5.41) is 13.7. The Bertz CT molecular complexity index is 1140. The predicted octanol–water partition coefficient (Wildman–Crippen LogP) is 5.38. The summed E-state index contributed by atoms with van der Waals surface area (Å²) < 4.78 is 0. The summed E-state index contributed by atoms with van der Waals surface area (Å²) in [5.41, 5.74) is 1.86. The first-order valence-corrected chi connectivity index (χ1v) is 10.2. The molecule has 8 heteroatoms. The van der Waals surface area contributed by atoms with E-state index in [1.54, 1.807) is 35.8 Å². The van der Waals surface area contributed by atoms with Crippen molar-refractivity contribution in [1.29, 1.82) is 0 Å². The molecular weight excluding hydrogens is 431 g/mol. The molecule has 1 aliphatic rings. The van der Waals surface area contributed by atoms with Crippen LogP contribution < -0.4 is 4.90 Å². The molecule has 1 N–H and O–H groups in total. The summed E-state index contributed by atoms with van der Waals surface area (Å²) >= 11 is 13.6. The van der Waals surface area contributed by atoms with Crippen LogP contribution in [0, 0.1) is 6.92 Å². The van der Waals surface area contributed by atoms with Crippen molar-refractivity contribution in [2.24, 2.45) is 0 Å². The number of carbonyl (C=O) groups is 2. The third kappa shape index (κ3) is 3.44. The van der Waals surface area contributed by atoms with Gasteiger partial charge in [-0.3, -0.25) is 14.5 Å². The normalized spacial score (nSPS) is 18.4. The number of Topliss-reactive ketones (excluding diaryl/α,β-unsaturated/α-hetero) is 1. The summed E-state index contributed by atoms with van der Waals surface area (Å²) in [7, 11) is 0. The molecule has 0 spiro atoms. The van der Waals surface area contributed by atoms with Gasteiger partial charge in [0.2, 0.25) is 0 Å². The molecule has 0 radical (unpaired) electrons. The van der Waals surface area contributed by atoms with Crippen LogP contribution in [0.1, 0.15) is 22.7 Å². The average molecular weight is 445 g/mol. The van der Waals surface area contributed by atoms with Gasteiger partial charge in [-0.05, 0) is 24.6 Å². The SMILES string of the molecule is Cc1ccc(/C(O)=C2\C(=O)C(=O)N(c3nccs3)C2c2ccc(Cl)cc2Cl)cc1. The lowest BCUT2D eigenvalue weighted by Gasteiger charge is -2.23. The topological polar surface area (TPSA) is 70.5 Å². The number of halogens is 2. The average Bonchev–Trinajstić information content (AvgIpc) is 3.29. The molecule has 146 valence electrons. The fourth-order valence-corrected chi connectivity index (χ4v) is 4.43. The molecule has 1 atom stereocenters. The van der Waals surface area contributed by atoms with Crippen LogP contribution in [0.3, 0.4) is 0 Å². The van der Waals surface area contributed by atoms with Crippen molar-refractivity contribution in [2.45, 2.75) is 13.0 Å². The minimum absolute atomic E-state index is 0.0433. The van der Waals surface area contributed by atoms with Crippen LogP contribution in [0.4, 0.5) is 5.13 Å². The number of amides is 1. The molecule has 1 unspecified atom stereocenters. The van der Waals surface area contributed by atoms with E-state index in [1.165, 1.54) is 22.3 Å². The minimum atomic E-state index is -0.924. The first kappa shape index (κ1) is 19.6. The predicted molar refractivity (Wildman–Crippen MR) is 115 cm³/mol. The van der Waals surface area contributed by atoms with Crippen LogP contribution in [-0.2, 0) is 9.59 Å². The van der Waals surface area contributed by atoms with E-state index in [0.29, 0.717) is 21.3 Å². The van der Waals surface area contributed by atoms with Gasteiger partial charge in [-0.15, -0.1) is 11.3 Å². The molecule has 1 aromatic heterocycles. The zero-order valence-corrected chi connectivity index (χ0v) is 17.4. The zero-order chi connectivity index (χ0) is 20.7. The molecular formula is C21H14Cl2N2O3S. The van der Waals surface area contributed by atoms with E-state index in [2.05, 4.69) is 4.98 Å². The number of anilines is 1. The van der Waals surface area contributed by atoms with Crippen LogP contribution in [0.2, 0.25) is 10.0 Å². The molecule has 29 heavy (non-hydrogen) atoms. The van der Waals surface area contributed by atoms with Crippen LogP contribution in [0.25, 0.3) is 5.76 Å². The van der Waals surface area contributed by atoms with Gasteiger partial charge in [0.05, 0.1) is 11.6 Å². The highest BCUT2D eigenvalue weighted by atomic mass is 35.5. The van der Waals surface area contributed by atoms with Crippen molar-refractivity contribution in [3.63, 3.8) is 0 Å². The van der Waals surface area contributed by atoms with Gasteiger partial charge in [0.1, 0.15) is 5.76 Å². The van der Waals surface area contributed by atoms with Crippen molar-refractivity contribution in [2.75, 3.05) is 4.90 Å². The Morgan fingerprint density at radius 1 is 1.14 bits per heavy atom. The summed E-state index contributed by atoms with van der Waals surface area (Å²) in [6.07, 6.45) is 1.54. The monoisotopic (exact) mass is 444 g/mol. The van der Waals surface area contributed by atoms with E-state index in [0.717, 1.165) is 5.56 Å². The molecule has 2 heterocycles. The number of carbonyl (C=O) groups excluding carboxylic acids is 2. The van der Waals surface area contributed by atoms with Crippen molar-refractivity contribution in [3.8, 4) is 0 Å². The third-order valence-electron chi connectivity index (χ3n) is 4.65. The highest BCUT2D eigenvalue weighted by molar-refractivity contribution is 7.14. The van der Waals surface area contributed by atoms with Gasteiger partial charge in [0.15, 0.2) is 5.13 Å². The molecule has 2 aromatic carbocycles. The van der Waals surface area contributed by atoms with Gasteiger partial charge in [-0.25, -0.2) is 4.98 Å². The Hall–Kier alpha value is -2.67. The van der Waals surface area contributed by atoms with E-state index >= 15 is 0 Å². The smallest absolute Gasteiger partial charge is 0.301 e. The molecule has 0 aliphatic carbocycles. The summed E-state index contributed by atoms with van der Waals surface area (Å²) in [5.74, 6) is -1.84. The lowest BCUT2D eigenvalue weighted by Crippen LogP contribution is -2.29. The largest absolute Gasteiger partial charge is 0.507 e. The highest BCUT2D eigenvalue weighted by Gasteiger charge is 2.48. The van der Waals surface area contributed by atoms with Crippen LogP contribution >= 0.6 is 34.5 Å². The van der Waals surface area contributed by atoms with Crippen LogP contribution in [0.15, 0.2) is 59.6 Å². The molecule has 5 nitrogen and oxygen atoms in total. The maximum atomic E-state index is 13.0. The molecule has 1 saturated heterocycles. The number of aryl methyl sites for hydroxylation is 1. The van der Waals surface area contributed by atoms with E-state index in [-0.39, 0.29) is 16.4 Å². The second-order valence-corrected chi connectivity index (χ2v) is 8.23. The van der Waals surface area contributed by atoms with Crippen molar-refractivity contribution in [1.82, 2.24) is 4.98 Å². The van der Waals surface area contributed by atoms with Crippen LogP contribution in [-0.4, -0.2) is 21.8 Å². The minimum Gasteiger partial charge on any atom is -0.507 e. The Balaban J connectivity index is 1.97. The summed E-state index contributed by atoms with van der Waals surface area (Å²) in [6.45, 7) is 1.92. The van der Waals surface area contributed by atoms with Gasteiger partial charge in [0.25, 0.3) is 5.78 Å². The second kappa shape index (κ2) is 7.63. The molecule has 1 aliphatic heterocycles. The number of hydrogen-bond acceptors (Lipinski definition) is 5. The highest BCUT2D eigenvalue weighted by Crippen LogP contribution is 2.45. The quantitative estimate of drug-likeness (QED) is 0.334. The lowest BCUT2D eigenvalue weighted by atomic mass is 9.95. The molecule has 0 saturated carbocycles. The second-order valence-electron chi connectivity index (χ2n) is 6.52.